The van der Waals surface area contributed by atoms with Crippen LogP contribution in [-0.2, 0) is 27.2 Å². The number of amides is 2. The van der Waals surface area contributed by atoms with Crippen molar-refractivity contribution >= 4 is 17.8 Å². The van der Waals surface area contributed by atoms with Gasteiger partial charge in [0.15, 0.2) is 5.78 Å². The maximum atomic E-state index is 13.2. The van der Waals surface area contributed by atoms with E-state index in [1.54, 1.807) is 26.8 Å². The van der Waals surface area contributed by atoms with Crippen LogP contribution < -0.4 is 10.6 Å². The monoisotopic (exact) mass is 436 g/mol. The summed E-state index contributed by atoms with van der Waals surface area (Å²) >= 11 is 0. The number of ether oxygens (including phenoxy) is 1. The van der Waals surface area contributed by atoms with Gasteiger partial charge in [-0.3, -0.25) is 9.59 Å². The van der Waals surface area contributed by atoms with E-state index in [0.29, 0.717) is 12.8 Å². The molecule has 0 spiro atoms. The molecule has 2 atom stereocenters. The Kier molecular flexibility index (Phi) is 9.20. The van der Waals surface area contributed by atoms with Gasteiger partial charge in [0.05, 0.1) is 6.04 Å². The normalized spacial score (nSPS) is 13.2. The number of carbonyl (C=O) groups is 3. The third-order valence-electron chi connectivity index (χ3n) is 4.48. The first-order valence-electron chi connectivity index (χ1n) is 10.7. The van der Waals surface area contributed by atoms with E-state index in [4.69, 9.17) is 4.74 Å². The molecule has 0 saturated heterocycles. The molecule has 0 heterocycles. The minimum Gasteiger partial charge on any atom is -0.444 e. The van der Waals surface area contributed by atoms with Crippen LogP contribution in [0.1, 0.15) is 38.8 Å². The molecule has 2 N–H and O–H groups in total. The number of carbonyl (C=O) groups excluding carboxylic acids is 3. The molecule has 0 aromatic heterocycles. The van der Waals surface area contributed by atoms with Crippen molar-refractivity contribution in [2.24, 2.45) is 0 Å². The number of nitrogens with one attached hydrogen (secondary N) is 2. The number of benzene rings is 2. The second-order valence-corrected chi connectivity index (χ2v) is 8.66. The zero-order valence-electron chi connectivity index (χ0n) is 19.1. The number of hydrogen-bond acceptors (Lipinski definition) is 4. The lowest BCUT2D eigenvalue weighted by Crippen LogP contribution is -2.51. The molecule has 32 heavy (non-hydrogen) atoms. The molecule has 2 amide bonds. The fourth-order valence-corrected chi connectivity index (χ4v) is 3.08. The van der Waals surface area contributed by atoms with E-state index >= 15 is 0 Å². The number of hydrogen-bond donors (Lipinski definition) is 2. The van der Waals surface area contributed by atoms with Crippen molar-refractivity contribution in [2.75, 3.05) is 0 Å². The van der Waals surface area contributed by atoms with E-state index in [9.17, 15) is 14.4 Å². The van der Waals surface area contributed by atoms with Crippen molar-refractivity contribution in [3.8, 4) is 0 Å². The molecule has 6 heteroatoms. The average molecular weight is 437 g/mol. The molecule has 2 aromatic carbocycles. The van der Waals surface area contributed by atoms with E-state index < -0.39 is 23.8 Å². The Morgan fingerprint density at radius 2 is 1.41 bits per heavy atom. The molecule has 0 bridgehead atoms. The van der Waals surface area contributed by atoms with Gasteiger partial charge < -0.3 is 15.4 Å². The van der Waals surface area contributed by atoms with Gasteiger partial charge in [-0.2, -0.15) is 0 Å². The van der Waals surface area contributed by atoms with Gasteiger partial charge in [-0.15, -0.1) is 0 Å². The predicted octanol–water partition coefficient (Wildman–Crippen LogP) is 4.00. The van der Waals surface area contributed by atoms with Crippen LogP contribution in [0.4, 0.5) is 4.79 Å². The lowest BCUT2D eigenvalue weighted by molar-refractivity contribution is -0.123. The first kappa shape index (κ1) is 24.9. The summed E-state index contributed by atoms with van der Waals surface area (Å²) < 4.78 is 5.35. The van der Waals surface area contributed by atoms with Crippen LogP contribution in [0.25, 0.3) is 0 Å². The fraction of sp³-hybridized carbons (Fsp3) is 0.346. The SMILES string of the molecule is CC(=O)/C=C/[C@H](Cc1ccccc1)NC(=O)[C@H](Cc1ccccc1)NC(=O)OC(C)(C)C. The Hall–Kier alpha value is -3.41. The van der Waals surface area contributed by atoms with Crippen molar-refractivity contribution in [3.63, 3.8) is 0 Å². The Morgan fingerprint density at radius 3 is 1.91 bits per heavy atom. The number of rotatable bonds is 9. The highest BCUT2D eigenvalue weighted by molar-refractivity contribution is 5.88. The number of alkyl carbamates (subject to hydrolysis) is 1. The molecule has 0 aliphatic carbocycles. The zero-order valence-corrected chi connectivity index (χ0v) is 19.1. The lowest BCUT2D eigenvalue weighted by atomic mass is 10.0. The van der Waals surface area contributed by atoms with Crippen LogP contribution >= 0.6 is 0 Å². The van der Waals surface area contributed by atoms with Crippen molar-refractivity contribution < 1.29 is 19.1 Å². The van der Waals surface area contributed by atoms with Crippen molar-refractivity contribution in [1.29, 1.82) is 0 Å². The summed E-state index contributed by atoms with van der Waals surface area (Å²) in [4.78, 5) is 37.0. The van der Waals surface area contributed by atoms with Crippen LogP contribution in [0, 0.1) is 0 Å². The van der Waals surface area contributed by atoms with Gasteiger partial charge in [-0.1, -0.05) is 66.7 Å². The summed E-state index contributed by atoms with van der Waals surface area (Å²) in [5, 5.41) is 5.65. The third kappa shape index (κ3) is 9.60. The van der Waals surface area contributed by atoms with E-state index in [-0.39, 0.29) is 11.7 Å². The summed E-state index contributed by atoms with van der Waals surface area (Å²) in [5.74, 6) is -0.459. The molecular weight excluding hydrogens is 404 g/mol. The van der Waals surface area contributed by atoms with Gasteiger partial charge in [0.1, 0.15) is 11.6 Å². The highest BCUT2D eigenvalue weighted by atomic mass is 16.6. The summed E-state index contributed by atoms with van der Waals surface area (Å²) in [6.07, 6.45) is 3.29. The van der Waals surface area contributed by atoms with E-state index in [1.165, 1.54) is 13.0 Å². The van der Waals surface area contributed by atoms with Gasteiger partial charge in [-0.25, -0.2) is 4.79 Å². The topological polar surface area (TPSA) is 84.5 Å². The third-order valence-corrected chi connectivity index (χ3v) is 4.48. The smallest absolute Gasteiger partial charge is 0.408 e. The number of allylic oxidation sites excluding steroid dienone is 1. The maximum Gasteiger partial charge on any atom is 0.408 e. The minimum atomic E-state index is -0.837. The molecule has 0 aliphatic heterocycles. The summed E-state index contributed by atoms with van der Waals surface area (Å²) in [5.41, 5.74) is 1.24. The van der Waals surface area contributed by atoms with Crippen LogP contribution in [0.15, 0.2) is 72.8 Å². The molecule has 170 valence electrons. The van der Waals surface area contributed by atoms with E-state index in [1.807, 2.05) is 60.7 Å². The summed E-state index contributed by atoms with van der Waals surface area (Å²) in [6.45, 7) is 6.75. The molecular formula is C26H32N2O4. The lowest BCUT2D eigenvalue weighted by Gasteiger charge is -2.25. The standard InChI is InChI=1S/C26H32N2O4/c1-19(29)15-16-22(17-20-11-7-5-8-12-20)27-24(30)23(18-21-13-9-6-10-14-21)28-25(31)32-26(2,3)4/h5-16,22-23H,17-18H2,1-4H3,(H,27,30)(H,28,31)/b16-15+/t22-,23+/m1/s1. The second kappa shape index (κ2) is 11.8. The largest absolute Gasteiger partial charge is 0.444 e. The Morgan fingerprint density at radius 1 is 0.875 bits per heavy atom. The predicted molar refractivity (Wildman–Crippen MR) is 125 cm³/mol. The highest BCUT2D eigenvalue weighted by Gasteiger charge is 2.26. The van der Waals surface area contributed by atoms with Crippen molar-refractivity contribution in [1.82, 2.24) is 10.6 Å². The van der Waals surface area contributed by atoms with Gasteiger partial charge in [0, 0.05) is 6.42 Å². The Balaban J connectivity index is 2.19. The molecule has 0 fully saturated rings. The average Bonchev–Trinajstić information content (AvgIpc) is 2.71. The van der Waals surface area contributed by atoms with Crippen molar-refractivity contribution in [2.45, 2.75) is 58.2 Å². The fourth-order valence-electron chi connectivity index (χ4n) is 3.08. The van der Waals surface area contributed by atoms with E-state index in [2.05, 4.69) is 10.6 Å². The summed E-state index contributed by atoms with van der Waals surface area (Å²) in [6, 6.07) is 17.9. The quantitative estimate of drug-likeness (QED) is 0.582. The first-order valence-corrected chi connectivity index (χ1v) is 10.7. The molecule has 2 aromatic rings. The molecule has 0 unspecified atom stereocenters. The Bertz CT molecular complexity index is 918. The van der Waals surface area contributed by atoms with Gasteiger partial charge >= 0.3 is 6.09 Å². The molecule has 0 radical (unpaired) electrons. The zero-order chi connectivity index (χ0) is 23.6. The van der Waals surface area contributed by atoms with Crippen LogP contribution in [0.3, 0.4) is 0 Å². The van der Waals surface area contributed by atoms with Crippen LogP contribution in [-0.4, -0.2) is 35.5 Å². The molecule has 2 rings (SSSR count). The van der Waals surface area contributed by atoms with Gasteiger partial charge in [0.25, 0.3) is 0 Å². The van der Waals surface area contributed by atoms with Crippen LogP contribution in [0.2, 0.25) is 0 Å². The maximum absolute atomic E-state index is 13.2. The van der Waals surface area contributed by atoms with Crippen LogP contribution in [0.5, 0.6) is 0 Å². The molecule has 0 aliphatic rings. The van der Waals surface area contributed by atoms with Crippen molar-refractivity contribution in [3.05, 3.63) is 83.9 Å². The molecule has 6 nitrogen and oxygen atoms in total. The van der Waals surface area contributed by atoms with E-state index in [0.717, 1.165) is 11.1 Å². The highest BCUT2D eigenvalue weighted by Crippen LogP contribution is 2.10. The minimum absolute atomic E-state index is 0.106. The Labute approximate surface area is 190 Å². The second-order valence-electron chi connectivity index (χ2n) is 8.66. The summed E-state index contributed by atoms with van der Waals surface area (Å²) in [7, 11) is 0. The number of ketones is 1. The first-order chi connectivity index (χ1) is 15.1. The molecule has 0 saturated carbocycles. The van der Waals surface area contributed by atoms with Gasteiger partial charge in [0.2, 0.25) is 5.91 Å². The van der Waals surface area contributed by atoms with Gasteiger partial charge in [-0.05, 0) is 51.3 Å².